The van der Waals surface area contributed by atoms with Crippen LogP contribution in [0.1, 0.15) is 12.8 Å². The summed E-state index contributed by atoms with van der Waals surface area (Å²) >= 11 is 1.58. The lowest BCUT2D eigenvalue weighted by Crippen LogP contribution is -2.60. The van der Waals surface area contributed by atoms with E-state index in [-0.39, 0.29) is 5.60 Å². The maximum atomic E-state index is 12.1. The first-order valence-electron chi connectivity index (χ1n) is 6.45. The van der Waals surface area contributed by atoms with E-state index in [2.05, 4.69) is 4.90 Å². The summed E-state index contributed by atoms with van der Waals surface area (Å²) in [7, 11) is 0. The van der Waals surface area contributed by atoms with Gasteiger partial charge in [-0.3, -0.25) is 0 Å². The van der Waals surface area contributed by atoms with Gasteiger partial charge < -0.3 is 4.90 Å². The molecular weight excluding hydrogens is 250 g/mol. The van der Waals surface area contributed by atoms with Crippen molar-refractivity contribution in [1.82, 2.24) is 4.90 Å². The van der Waals surface area contributed by atoms with Gasteiger partial charge in [0.25, 0.3) is 6.54 Å². The van der Waals surface area contributed by atoms with Gasteiger partial charge in [0, 0.05) is 23.0 Å². The lowest BCUT2D eigenvalue weighted by atomic mass is 9.75. The van der Waals surface area contributed by atoms with Crippen LogP contribution in [0.3, 0.4) is 0 Å². The molecule has 1 spiro atoms. The third kappa shape index (κ3) is 1.46. The van der Waals surface area contributed by atoms with E-state index in [1.54, 1.807) is 11.3 Å². The highest BCUT2D eigenvalue weighted by molar-refractivity contribution is 7.08. The second kappa shape index (κ2) is 3.76. The van der Waals surface area contributed by atoms with Crippen LogP contribution in [0.5, 0.6) is 0 Å². The van der Waals surface area contributed by atoms with Gasteiger partial charge >= 0.3 is 0 Å². The fourth-order valence-electron chi connectivity index (χ4n) is 3.49. The lowest BCUT2D eigenvalue weighted by molar-refractivity contribution is -0.564. The van der Waals surface area contributed by atoms with E-state index >= 15 is 0 Å². The van der Waals surface area contributed by atoms with Crippen molar-refractivity contribution in [2.24, 2.45) is 5.92 Å². The first kappa shape index (κ1) is 10.9. The summed E-state index contributed by atoms with van der Waals surface area (Å²) in [5.74, 6) is 0.530. The van der Waals surface area contributed by atoms with Gasteiger partial charge in [-0.1, -0.05) is 0 Å². The molecule has 0 saturated carbocycles. The number of hydrazine groups is 1. The van der Waals surface area contributed by atoms with Gasteiger partial charge in [0.05, 0.1) is 4.91 Å². The van der Waals surface area contributed by atoms with Crippen LogP contribution in [-0.4, -0.2) is 41.5 Å². The van der Waals surface area contributed by atoms with Crippen molar-refractivity contribution in [3.63, 3.8) is 0 Å². The van der Waals surface area contributed by atoms with Gasteiger partial charge in [-0.2, -0.15) is 0 Å². The zero-order valence-electron chi connectivity index (χ0n) is 10.1. The largest absolute Gasteiger partial charge is 0.300 e. The van der Waals surface area contributed by atoms with Crippen molar-refractivity contribution in [2.75, 3.05) is 31.4 Å². The molecule has 4 saturated heterocycles. The normalized spacial score (nSPS) is 38.9. The monoisotopic (exact) mass is 266 g/mol. The quantitative estimate of drug-likeness (QED) is 0.724. The van der Waals surface area contributed by atoms with Gasteiger partial charge in [0.1, 0.15) is 5.69 Å². The Labute approximate surface area is 109 Å². The summed E-state index contributed by atoms with van der Waals surface area (Å²) in [4.78, 5) is 21.6. The Bertz CT molecular complexity index is 470. The first-order valence-corrected chi connectivity index (χ1v) is 7.39. The first-order chi connectivity index (χ1) is 8.77. The summed E-state index contributed by atoms with van der Waals surface area (Å²) in [6, 6.07) is 1.93. The van der Waals surface area contributed by atoms with Crippen LogP contribution in [0.2, 0.25) is 0 Å². The van der Waals surface area contributed by atoms with Crippen molar-refractivity contribution in [1.29, 1.82) is 0 Å². The number of anilines is 1. The summed E-state index contributed by atoms with van der Waals surface area (Å²) in [5.41, 5.74) is 0.573. The molecule has 4 aliphatic heterocycles. The molecule has 5 nitrogen and oxygen atoms in total. The van der Waals surface area contributed by atoms with Gasteiger partial charge in [-0.05, 0) is 37.4 Å². The van der Waals surface area contributed by atoms with Crippen molar-refractivity contribution >= 4 is 17.0 Å². The highest BCUT2D eigenvalue weighted by Gasteiger charge is 2.60. The molecule has 18 heavy (non-hydrogen) atoms. The molecule has 5 rings (SSSR count). The maximum absolute atomic E-state index is 12.1. The smallest absolute Gasteiger partial charge is 0.261 e. The van der Waals surface area contributed by atoms with Gasteiger partial charge in [0.2, 0.25) is 0 Å². The Kier molecular flexibility index (Phi) is 2.27. The van der Waals surface area contributed by atoms with Crippen molar-refractivity contribution in [3.8, 4) is 0 Å². The van der Waals surface area contributed by atoms with Crippen LogP contribution >= 0.6 is 11.3 Å². The van der Waals surface area contributed by atoms with Crippen LogP contribution in [0.15, 0.2) is 16.8 Å². The van der Waals surface area contributed by atoms with Gasteiger partial charge in [-0.15, -0.1) is 11.3 Å². The molecular formula is C12H16N3O2S+. The van der Waals surface area contributed by atoms with Crippen LogP contribution < -0.4 is 5.17 Å². The molecule has 0 radical (unpaired) electrons. The predicted molar refractivity (Wildman–Crippen MR) is 68.3 cm³/mol. The second-order valence-electron chi connectivity index (χ2n) is 5.47. The Balaban J connectivity index is 1.64. The zero-order valence-corrected chi connectivity index (χ0v) is 10.9. The number of hydrogen-bond acceptors (Lipinski definition) is 4. The highest BCUT2D eigenvalue weighted by Crippen LogP contribution is 2.43. The second-order valence-corrected chi connectivity index (χ2v) is 6.25. The molecule has 96 valence electrons. The number of rotatable bonds is 1. The molecule has 4 fully saturated rings. The number of nitroso groups, excluding NO2 is 1. The van der Waals surface area contributed by atoms with Crippen molar-refractivity contribution in [3.05, 3.63) is 21.7 Å². The van der Waals surface area contributed by atoms with Crippen molar-refractivity contribution in [2.45, 2.75) is 18.4 Å². The van der Waals surface area contributed by atoms with Crippen molar-refractivity contribution < 1.29 is 9.71 Å². The van der Waals surface area contributed by atoms with Crippen LogP contribution in [0, 0.1) is 10.8 Å². The molecule has 1 aromatic heterocycles. The fraction of sp³-hybridized carbons (Fsp3) is 0.667. The zero-order chi connectivity index (χ0) is 12.2. The molecule has 4 aliphatic rings. The van der Waals surface area contributed by atoms with Gasteiger partial charge in [-0.25, -0.2) is 4.84 Å². The van der Waals surface area contributed by atoms with E-state index in [0.29, 0.717) is 12.5 Å². The standard InChI is InChI=1S/C12H16N3O2S/c16-14-9-12(8-13-4-1-10(12)2-5-13)17-15(14)11-3-6-18-7-11/h3,6-7,10H,1-2,4-5,8-9H2/q+1. The molecule has 0 aliphatic carbocycles. The SMILES string of the molecule is O=[N+]1CC2(CN3CCC2CC3)ON1c1ccsc1. The van der Waals surface area contributed by atoms with Crippen LogP contribution in [-0.2, 0) is 4.84 Å². The Hall–Kier alpha value is -0.980. The number of piperidine rings is 3. The third-order valence-corrected chi connectivity index (χ3v) is 5.09. The minimum atomic E-state index is -0.278. The summed E-state index contributed by atoms with van der Waals surface area (Å²) in [5, 5.41) is 5.36. The molecule has 1 aromatic rings. The number of nitrogens with zero attached hydrogens (tertiary/aromatic N) is 3. The number of hydrogen-bond donors (Lipinski definition) is 0. The Morgan fingerprint density at radius 2 is 2.28 bits per heavy atom. The maximum Gasteiger partial charge on any atom is 0.261 e. The minimum Gasteiger partial charge on any atom is -0.300 e. The molecule has 2 bridgehead atoms. The third-order valence-electron chi connectivity index (χ3n) is 4.42. The van der Waals surface area contributed by atoms with Crippen LogP contribution in [0.25, 0.3) is 0 Å². The number of thiophene rings is 1. The molecule has 5 heterocycles. The highest BCUT2D eigenvalue weighted by atomic mass is 32.1. The van der Waals surface area contributed by atoms with E-state index in [1.807, 2.05) is 16.8 Å². The van der Waals surface area contributed by atoms with Crippen LogP contribution in [0.4, 0.5) is 5.69 Å². The van der Waals surface area contributed by atoms with E-state index in [9.17, 15) is 4.91 Å². The van der Waals surface area contributed by atoms with Gasteiger partial charge in [0.15, 0.2) is 10.5 Å². The summed E-state index contributed by atoms with van der Waals surface area (Å²) in [6.45, 7) is 3.68. The lowest BCUT2D eigenvalue weighted by Gasteiger charge is -2.47. The van der Waals surface area contributed by atoms with E-state index in [0.717, 1.165) is 43.0 Å². The fourth-order valence-corrected chi connectivity index (χ4v) is 4.10. The molecule has 0 aromatic carbocycles. The topological polar surface area (TPSA) is 35.8 Å². The number of fused-ring (bicyclic) bond motifs is 2. The van der Waals surface area contributed by atoms with E-state index < -0.39 is 0 Å². The minimum absolute atomic E-state index is 0.278. The molecule has 1 atom stereocenters. The van der Waals surface area contributed by atoms with E-state index in [4.69, 9.17) is 4.84 Å². The molecule has 1 unspecified atom stereocenters. The molecule has 6 heteroatoms. The molecule has 0 N–H and O–H groups in total. The Morgan fingerprint density at radius 1 is 1.44 bits per heavy atom. The average Bonchev–Trinajstić information content (AvgIpc) is 2.99. The average molecular weight is 266 g/mol. The summed E-state index contributed by atoms with van der Waals surface area (Å²) in [6.07, 6.45) is 2.32. The molecule has 0 amide bonds. The predicted octanol–water partition coefficient (Wildman–Crippen LogP) is 1.66. The Morgan fingerprint density at radius 3 is 2.89 bits per heavy atom. The van der Waals surface area contributed by atoms with E-state index in [1.165, 1.54) is 5.17 Å². The summed E-state index contributed by atoms with van der Waals surface area (Å²) < 4.78 is 0.